The number of carbonyl (C=O) groups is 2. The first-order valence-electron chi connectivity index (χ1n) is 10.3. The summed E-state index contributed by atoms with van der Waals surface area (Å²) in [5.74, 6) is -4.59. The minimum absolute atomic E-state index is 0.0406. The minimum Gasteiger partial charge on any atom is -0.465 e. The molecule has 1 amide bonds. The molecule has 0 aliphatic heterocycles. The number of ether oxygens (including phenoxy) is 1. The maximum absolute atomic E-state index is 15.2. The molecule has 11 heteroatoms. The number of alkyl halides is 2. The summed E-state index contributed by atoms with van der Waals surface area (Å²) in [6.07, 6.45) is -0.268. The predicted octanol–water partition coefficient (Wildman–Crippen LogP) is 0.509. The fourth-order valence-corrected chi connectivity index (χ4v) is 3.39. The second-order valence-corrected chi connectivity index (χ2v) is 7.58. The van der Waals surface area contributed by atoms with E-state index >= 15 is 8.78 Å². The summed E-state index contributed by atoms with van der Waals surface area (Å²) in [5.41, 5.74) is 6.49. The van der Waals surface area contributed by atoms with Gasteiger partial charge in [0.25, 0.3) is 5.92 Å². The molecule has 0 aliphatic rings. The lowest BCUT2D eigenvalue weighted by Gasteiger charge is -2.20. The lowest BCUT2D eigenvalue weighted by molar-refractivity contribution is -0.142. The van der Waals surface area contributed by atoms with Gasteiger partial charge in [-0.2, -0.15) is 13.5 Å². The Morgan fingerprint density at radius 2 is 1.97 bits per heavy atom. The molecule has 0 saturated heterocycles. The van der Waals surface area contributed by atoms with Crippen molar-refractivity contribution in [1.29, 1.82) is 0 Å². The summed E-state index contributed by atoms with van der Waals surface area (Å²) >= 11 is 0. The number of nitrogens with two attached hydrogens (primary N) is 1. The third-order valence-corrected chi connectivity index (χ3v) is 4.88. The van der Waals surface area contributed by atoms with Crippen molar-refractivity contribution >= 4 is 25.2 Å². The fraction of sp³-hybridized carbons (Fsp3) is 0.409. The molecule has 0 fully saturated rings. The van der Waals surface area contributed by atoms with Crippen LogP contribution in [0.15, 0.2) is 29.3 Å². The van der Waals surface area contributed by atoms with Crippen LogP contribution in [0.2, 0.25) is 0 Å². The highest BCUT2D eigenvalue weighted by Gasteiger charge is 2.33. The van der Waals surface area contributed by atoms with Gasteiger partial charge in [-0.05, 0) is 37.5 Å². The number of amides is 1. The van der Waals surface area contributed by atoms with Crippen molar-refractivity contribution in [3.8, 4) is 0 Å². The summed E-state index contributed by atoms with van der Waals surface area (Å²) in [6, 6.07) is 5.60. The van der Waals surface area contributed by atoms with Gasteiger partial charge in [0.05, 0.1) is 25.3 Å². The van der Waals surface area contributed by atoms with Gasteiger partial charge in [0.1, 0.15) is 14.4 Å². The summed E-state index contributed by atoms with van der Waals surface area (Å²) < 4.78 is 35.8. The number of carbonyl (C=O) groups excluding carboxylic acids is 2. The molecule has 4 N–H and O–H groups in total. The number of nitrogens with zero attached hydrogens (tertiary/aromatic N) is 2. The highest BCUT2D eigenvalue weighted by atomic mass is 19.3. The molecule has 2 radical (unpaired) electrons. The van der Waals surface area contributed by atoms with Gasteiger partial charge in [-0.15, -0.1) is 0 Å². The lowest BCUT2D eigenvalue weighted by Crippen LogP contribution is -2.31. The summed E-state index contributed by atoms with van der Waals surface area (Å²) in [4.78, 5) is 26.7. The van der Waals surface area contributed by atoms with E-state index in [1.807, 2.05) is 0 Å². The van der Waals surface area contributed by atoms with Gasteiger partial charge in [0.2, 0.25) is 5.91 Å². The van der Waals surface area contributed by atoms with E-state index in [-0.39, 0.29) is 53.9 Å². The van der Waals surface area contributed by atoms with Gasteiger partial charge in [-0.3, -0.25) is 14.6 Å². The van der Waals surface area contributed by atoms with Crippen molar-refractivity contribution in [2.24, 2.45) is 10.7 Å². The van der Waals surface area contributed by atoms with Crippen molar-refractivity contribution in [1.82, 2.24) is 10.0 Å². The first-order chi connectivity index (χ1) is 15.5. The molecule has 1 aromatic heterocycles. The molecule has 1 heterocycles. The largest absolute Gasteiger partial charge is 0.465 e. The molecule has 1 aromatic carbocycles. The Bertz CT molecular complexity index is 1100. The highest BCUT2D eigenvalue weighted by molar-refractivity contribution is 6.32. The third kappa shape index (κ3) is 6.89. The molecule has 2 aromatic rings. The Balaban J connectivity index is 2.35. The smallest absolute Gasteiger partial charge is 0.319 e. The zero-order valence-corrected chi connectivity index (χ0v) is 18.8. The number of halogens is 2. The van der Waals surface area contributed by atoms with Crippen LogP contribution in [0.25, 0.3) is 0 Å². The Morgan fingerprint density at radius 3 is 2.61 bits per heavy atom. The van der Waals surface area contributed by atoms with Crippen LogP contribution in [0.3, 0.4) is 0 Å². The van der Waals surface area contributed by atoms with Crippen LogP contribution >= 0.6 is 0 Å². The molecular weight excluding hydrogens is 433 g/mol. The van der Waals surface area contributed by atoms with Gasteiger partial charge < -0.3 is 21.0 Å². The minimum atomic E-state index is -3.41. The van der Waals surface area contributed by atoms with Crippen LogP contribution in [-0.4, -0.2) is 49.4 Å². The monoisotopic (exact) mass is 460 g/mol. The topological polar surface area (TPSA) is 119 Å². The van der Waals surface area contributed by atoms with E-state index in [0.717, 1.165) is 0 Å². The maximum Gasteiger partial charge on any atom is 0.319 e. The van der Waals surface area contributed by atoms with Crippen molar-refractivity contribution in [3.05, 3.63) is 57.7 Å². The number of esters is 1. The van der Waals surface area contributed by atoms with Crippen molar-refractivity contribution in [2.75, 3.05) is 19.7 Å². The summed E-state index contributed by atoms with van der Waals surface area (Å²) in [7, 11) is 5.76. The zero-order valence-electron chi connectivity index (χ0n) is 18.8. The van der Waals surface area contributed by atoms with Crippen molar-refractivity contribution in [2.45, 2.75) is 39.7 Å². The van der Waals surface area contributed by atoms with Gasteiger partial charge >= 0.3 is 5.97 Å². The second kappa shape index (κ2) is 11.1. The first kappa shape index (κ1) is 26.1. The van der Waals surface area contributed by atoms with Gasteiger partial charge in [-0.25, -0.2) is 0 Å². The Hall–Kier alpha value is -3.21. The van der Waals surface area contributed by atoms with E-state index in [2.05, 4.69) is 10.3 Å². The van der Waals surface area contributed by atoms with E-state index < -0.39 is 24.3 Å². The standard InChI is InChI=1S/C22H27BF2N4O4/c1-4-33-20(31)11-27-10-15-8-16(23)5-6-17(15)22(24,25)12-28-21-14(3)7-13(2)18(29(21)32)9-19(26)30/h5-8,27,32H,4,9-12H2,1-3H3,(H2,26,30). The van der Waals surface area contributed by atoms with E-state index in [1.54, 1.807) is 26.8 Å². The van der Waals surface area contributed by atoms with Crippen molar-refractivity contribution in [3.63, 3.8) is 0 Å². The average Bonchev–Trinajstić information content (AvgIpc) is 2.70. The average molecular weight is 460 g/mol. The molecule has 8 nitrogen and oxygen atoms in total. The number of aromatic nitrogens is 1. The van der Waals surface area contributed by atoms with Crippen LogP contribution in [-0.2, 0) is 33.2 Å². The fourth-order valence-electron chi connectivity index (χ4n) is 3.39. The third-order valence-electron chi connectivity index (χ3n) is 4.88. The van der Waals surface area contributed by atoms with E-state index in [0.29, 0.717) is 15.9 Å². The Kier molecular flexibility index (Phi) is 8.75. The summed E-state index contributed by atoms with van der Waals surface area (Å²) in [6.45, 7) is 4.00. The molecule has 0 saturated carbocycles. The van der Waals surface area contributed by atoms with Crippen LogP contribution in [0.1, 0.15) is 34.9 Å². The van der Waals surface area contributed by atoms with Gasteiger partial charge in [0.15, 0.2) is 5.49 Å². The SMILES string of the molecule is [B]c1ccc(C(F)(F)CN=c2c(C)cc(C)c(CC(N)=O)n2O)c(CNCC(=O)OCC)c1. The molecule has 0 spiro atoms. The molecule has 33 heavy (non-hydrogen) atoms. The molecule has 0 aliphatic carbocycles. The van der Waals surface area contributed by atoms with Gasteiger partial charge in [-0.1, -0.05) is 29.7 Å². The Labute approximate surface area is 191 Å². The molecule has 176 valence electrons. The normalized spacial score (nSPS) is 12.1. The number of hydrogen-bond donors (Lipinski definition) is 3. The molecule has 0 bridgehead atoms. The second-order valence-electron chi connectivity index (χ2n) is 7.58. The van der Waals surface area contributed by atoms with Gasteiger partial charge in [0, 0.05) is 12.1 Å². The van der Waals surface area contributed by atoms with E-state index in [1.165, 1.54) is 18.2 Å². The number of benzene rings is 1. The summed E-state index contributed by atoms with van der Waals surface area (Å²) in [5, 5.41) is 13.2. The number of rotatable bonds is 10. The molecule has 0 unspecified atom stereocenters. The number of hydrogen-bond acceptors (Lipinski definition) is 6. The van der Waals surface area contributed by atoms with E-state index in [4.69, 9.17) is 18.3 Å². The van der Waals surface area contributed by atoms with Crippen LogP contribution in [0.4, 0.5) is 8.78 Å². The Morgan fingerprint density at radius 1 is 1.27 bits per heavy atom. The predicted molar refractivity (Wildman–Crippen MR) is 118 cm³/mol. The van der Waals surface area contributed by atoms with Crippen LogP contribution in [0, 0.1) is 13.8 Å². The molecule has 0 atom stereocenters. The quantitative estimate of drug-likeness (QED) is 0.271. The number of nitrogens with one attached hydrogen (secondary N) is 1. The maximum atomic E-state index is 15.2. The number of aryl methyl sites for hydroxylation is 2. The molecular formula is C22H27BF2N4O4. The number of primary amides is 1. The van der Waals surface area contributed by atoms with E-state index in [9.17, 15) is 14.8 Å². The van der Waals surface area contributed by atoms with Crippen LogP contribution in [0.5, 0.6) is 0 Å². The highest BCUT2D eigenvalue weighted by Crippen LogP contribution is 2.30. The zero-order chi connectivity index (χ0) is 24.8. The van der Waals surface area contributed by atoms with Crippen molar-refractivity contribution < 1.29 is 28.3 Å². The number of pyridine rings is 1. The lowest BCUT2D eigenvalue weighted by atomic mass is 9.90. The molecule has 2 rings (SSSR count). The van der Waals surface area contributed by atoms with Crippen LogP contribution < -0.4 is 22.0 Å². The first-order valence-corrected chi connectivity index (χ1v) is 10.3.